The molecule has 6 nitrogen and oxygen atoms in total. The van der Waals surface area contributed by atoms with Gasteiger partial charge in [0.15, 0.2) is 0 Å². The van der Waals surface area contributed by atoms with Crippen LogP contribution in [0.15, 0.2) is 36.4 Å². The molecule has 0 aromatic heterocycles. The van der Waals surface area contributed by atoms with E-state index in [9.17, 15) is 14.1 Å². The first-order valence-electron chi connectivity index (χ1n) is 15.7. The summed E-state index contributed by atoms with van der Waals surface area (Å²) in [6.07, 6.45) is 7.84. The zero-order valence-electron chi connectivity index (χ0n) is 24.7. The number of hydrogen-bond acceptors (Lipinski definition) is 5. The summed E-state index contributed by atoms with van der Waals surface area (Å²) in [6, 6.07) is 11.8. The van der Waals surface area contributed by atoms with Crippen molar-refractivity contribution in [1.82, 2.24) is 4.72 Å². The normalized spacial score (nSPS) is 39.5. The van der Waals surface area contributed by atoms with E-state index in [0.717, 1.165) is 74.5 Å². The van der Waals surface area contributed by atoms with Gasteiger partial charge in [0.1, 0.15) is 5.75 Å². The van der Waals surface area contributed by atoms with Crippen molar-refractivity contribution < 1.29 is 18.8 Å². The van der Waals surface area contributed by atoms with Gasteiger partial charge >= 0.3 is 0 Å². The first-order valence-corrected chi connectivity index (χ1v) is 17.8. The molecule has 8 heteroatoms. The van der Waals surface area contributed by atoms with Gasteiger partial charge in [-0.2, -0.15) is 0 Å². The molecule has 2 fully saturated rings. The topological polar surface area (TPSA) is 78.9 Å². The Hall–Kier alpha value is -2.22. The Morgan fingerprint density at radius 3 is 2.71 bits per heavy atom. The van der Waals surface area contributed by atoms with Crippen molar-refractivity contribution in [3.8, 4) is 5.75 Å². The lowest BCUT2D eigenvalue weighted by atomic mass is 9.63. The Morgan fingerprint density at radius 1 is 1.12 bits per heavy atom. The number of aryl methyl sites for hydroxylation is 1. The van der Waals surface area contributed by atoms with Gasteiger partial charge in [0.25, 0.3) is 5.91 Å². The largest absolute Gasteiger partial charge is 0.490 e. The van der Waals surface area contributed by atoms with Gasteiger partial charge in [0, 0.05) is 34.3 Å². The van der Waals surface area contributed by atoms with Crippen LogP contribution in [0.3, 0.4) is 0 Å². The van der Waals surface area contributed by atoms with Crippen molar-refractivity contribution in [1.29, 1.82) is 0 Å². The number of carbonyl (C=O) groups excluding carboxylic acids is 1. The van der Waals surface area contributed by atoms with E-state index in [-0.39, 0.29) is 28.4 Å². The second-order valence-corrected chi connectivity index (χ2v) is 17.0. The highest BCUT2D eigenvalue weighted by Crippen LogP contribution is 2.57. The molecule has 2 aromatic carbocycles. The second-order valence-electron chi connectivity index (χ2n) is 14.1. The highest BCUT2D eigenvalue weighted by Gasteiger charge is 2.56. The smallest absolute Gasteiger partial charge is 0.262 e. The number of fused-ring (bicyclic) bond motifs is 5. The van der Waals surface area contributed by atoms with E-state index in [0.29, 0.717) is 30.4 Å². The number of amides is 1. The zero-order chi connectivity index (χ0) is 29.4. The van der Waals surface area contributed by atoms with E-state index in [1.165, 1.54) is 11.1 Å². The maximum atomic E-state index is 13.6. The van der Waals surface area contributed by atoms with Crippen molar-refractivity contribution in [3.63, 3.8) is 0 Å². The van der Waals surface area contributed by atoms with Gasteiger partial charge in [0.2, 0.25) is 0 Å². The number of nitrogens with one attached hydrogen (secondary N) is 1. The van der Waals surface area contributed by atoms with Gasteiger partial charge in [-0.15, -0.1) is 0 Å². The maximum Gasteiger partial charge on any atom is 0.262 e. The van der Waals surface area contributed by atoms with Gasteiger partial charge in [0.05, 0.1) is 27.6 Å². The minimum atomic E-state index is -2.85. The van der Waals surface area contributed by atoms with Crippen LogP contribution in [0.5, 0.6) is 5.75 Å². The predicted octanol–water partition coefficient (Wildman–Crippen LogP) is 5.77. The van der Waals surface area contributed by atoms with Crippen molar-refractivity contribution in [2.75, 3.05) is 24.6 Å². The van der Waals surface area contributed by atoms with E-state index >= 15 is 0 Å². The van der Waals surface area contributed by atoms with Crippen LogP contribution in [0.25, 0.3) is 0 Å². The maximum absolute atomic E-state index is 13.6. The van der Waals surface area contributed by atoms with Gasteiger partial charge in [-0.25, -0.2) is 4.21 Å². The van der Waals surface area contributed by atoms with Crippen LogP contribution in [0.1, 0.15) is 80.3 Å². The lowest BCUT2D eigenvalue weighted by Crippen LogP contribution is -2.53. The fourth-order valence-electron chi connectivity index (χ4n) is 8.61. The second kappa shape index (κ2) is 10.2. The summed E-state index contributed by atoms with van der Waals surface area (Å²) in [4.78, 5) is 15.9. The summed E-state index contributed by atoms with van der Waals surface area (Å²) >= 11 is 6.42. The van der Waals surface area contributed by atoms with Crippen molar-refractivity contribution in [2.45, 2.75) is 81.5 Å². The number of nitrogens with zero attached hydrogens (tertiary/aromatic N) is 1. The fraction of sp³-hybridized carbons (Fsp3) is 0.588. The molecule has 2 bridgehead atoms. The number of halogens is 1. The van der Waals surface area contributed by atoms with Crippen LogP contribution in [0.4, 0.5) is 5.69 Å². The zero-order valence-corrected chi connectivity index (χ0v) is 26.3. The Morgan fingerprint density at radius 2 is 1.93 bits per heavy atom. The number of anilines is 1. The third-order valence-electron chi connectivity index (χ3n) is 11.5. The molecule has 3 aliphatic carbocycles. The van der Waals surface area contributed by atoms with Crippen LogP contribution in [0, 0.1) is 23.7 Å². The molecule has 226 valence electrons. The Labute approximate surface area is 255 Å². The minimum absolute atomic E-state index is 0.207. The van der Waals surface area contributed by atoms with Crippen LogP contribution < -0.4 is 14.4 Å². The van der Waals surface area contributed by atoms with E-state index in [4.69, 9.17) is 16.3 Å². The van der Waals surface area contributed by atoms with E-state index < -0.39 is 15.3 Å². The first-order chi connectivity index (χ1) is 20.0. The molecule has 5 aliphatic rings. The molecule has 0 saturated heterocycles. The average molecular weight is 611 g/mol. The molecule has 1 amide bonds. The predicted molar refractivity (Wildman–Crippen MR) is 170 cm³/mol. The molecule has 8 atom stereocenters. The highest BCUT2D eigenvalue weighted by atomic mass is 35.5. The monoisotopic (exact) mass is 610 g/mol. The molecule has 2 heterocycles. The highest BCUT2D eigenvalue weighted by molar-refractivity contribution is 7.99. The quantitative estimate of drug-likeness (QED) is 0.370. The average Bonchev–Trinajstić information content (AvgIpc) is 3.73. The molecular weight excluding hydrogens is 568 g/mol. The number of ether oxygens (including phenoxy) is 1. The molecule has 42 heavy (non-hydrogen) atoms. The molecule has 2 aliphatic heterocycles. The number of hydrogen-bond donors (Lipinski definition) is 2. The number of benzene rings is 2. The third-order valence-corrected chi connectivity index (χ3v) is 13.8. The Kier molecular flexibility index (Phi) is 6.91. The van der Waals surface area contributed by atoms with Gasteiger partial charge in [-0.3, -0.25) is 9.52 Å². The lowest BCUT2D eigenvalue weighted by Gasteiger charge is -2.49. The Bertz CT molecular complexity index is 1520. The van der Waals surface area contributed by atoms with Gasteiger partial charge < -0.3 is 14.7 Å². The van der Waals surface area contributed by atoms with Crippen LogP contribution in [-0.4, -0.2) is 51.6 Å². The van der Waals surface area contributed by atoms with Crippen molar-refractivity contribution >= 4 is 38.8 Å². The molecular formula is C34H43ClN2O4S. The summed E-state index contributed by atoms with van der Waals surface area (Å²) in [5.41, 5.74) is 3.03. The van der Waals surface area contributed by atoms with Gasteiger partial charge in [-0.05, 0) is 136 Å². The fourth-order valence-corrected chi connectivity index (χ4v) is 9.95. The van der Waals surface area contributed by atoms with E-state index in [1.807, 2.05) is 25.1 Å². The standard InChI is InChI=1S/C34H43ClN2O4S/c1-21-6-7-23-16-29(23)33(2,39)27-11-8-25(27)18-37-19-34(14-4-5-22-15-26(35)10-12-28(22)34)20-41-31-13-9-24(17-30(31)37)32(38)36-42(21,3)40/h9-10,12-13,15,17,21,23,25,27,29,39H,3-8,11,14,16,18-20H2,1-2H3,(H,36,38,40)/t21-,23+,25+,27-,29+,33+,34+,42?/m1/s1. The van der Waals surface area contributed by atoms with E-state index in [1.54, 1.807) is 6.07 Å². The van der Waals surface area contributed by atoms with Gasteiger partial charge in [-0.1, -0.05) is 17.7 Å². The number of carbonyl (C=O) groups is 1. The summed E-state index contributed by atoms with van der Waals surface area (Å²) in [5, 5.41) is 12.4. The van der Waals surface area contributed by atoms with Crippen LogP contribution >= 0.6 is 11.6 Å². The molecule has 2 aromatic rings. The van der Waals surface area contributed by atoms with E-state index in [2.05, 4.69) is 34.5 Å². The summed E-state index contributed by atoms with van der Waals surface area (Å²) < 4.78 is 23.0. The molecule has 0 radical (unpaired) electrons. The summed E-state index contributed by atoms with van der Waals surface area (Å²) in [5.74, 6) is 5.67. The number of aliphatic hydroxyl groups is 1. The lowest BCUT2D eigenvalue weighted by molar-refractivity contribution is -0.0868. The molecule has 2 saturated carbocycles. The third kappa shape index (κ3) is 4.84. The van der Waals surface area contributed by atoms with Crippen molar-refractivity contribution in [2.24, 2.45) is 23.7 Å². The minimum Gasteiger partial charge on any atom is -0.490 e. The van der Waals surface area contributed by atoms with Crippen LogP contribution in [0.2, 0.25) is 5.02 Å². The Balaban J connectivity index is 1.31. The summed E-state index contributed by atoms with van der Waals surface area (Å²) in [6.45, 7) is 6.09. The SMILES string of the molecule is C=S1(=O)NC(=O)c2ccc3c(c2)N(C[C@@H]2CC[C@H]2[C@](C)(O)[C@H]2C[C@@H]2CC[C@H]1C)C[C@@]1(CCCc2cc(Cl)ccc21)CO3. The molecule has 7 rings (SSSR count). The van der Waals surface area contributed by atoms with Crippen LogP contribution in [-0.2, 0) is 21.5 Å². The first kappa shape index (κ1) is 28.5. The summed E-state index contributed by atoms with van der Waals surface area (Å²) in [7, 11) is -2.85. The molecule has 1 unspecified atom stereocenters. The molecule has 1 spiro atoms. The number of rotatable bonds is 0. The molecule has 2 N–H and O–H groups in total. The van der Waals surface area contributed by atoms with Crippen molar-refractivity contribution in [3.05, 3.63) is 58.1 Å².